The molecule has 1 aromatic rings. The van der Waals surface area contributed by atoms with Crippen LogP contribution >= 0.6 is 0 Å². The lowest BCUT2D eigenvalue weighted by Crippen LogP contribution is -2.38. The molecule has 2 amide bonds. The summed E-state index contributed by atoms with van der Waals surface area (Å²) in [6.07, 6.45) is 3.46. The van der Waals surface area contributed by atoms with Gasteiger partial charge in [-0.05, 0) is 43.9 Å². The van der Waals surface area contributed by atoms with Crippen molar-refractivity contribution in [2.45, 2.75) is 32.6 Å². The highest BCUT2D eigenvalue weighted by atomic mass is 16.2. The molecule has 1 heterocycles. The number of likely N-dealkylation sites (tertiary alicyclic amines) is 1. The van der Waals surface area contributed by atoms with Crippen LogP contribution in [0.1, 0.15) is 42.1 Å². The van der Waals surface area contributed by atoms with Crippen molar-refractivity contribution in [2.24, 2.45) is 4.99 Å². The molecule has 0 bridgehead atoms. The van der Waals surface area contributed by atoms with Crippen LogP contribution in [0.15, 0.2) is 29.3 Å². The fourth-order valence-corrected chi connectivity index (χ4v) is 3.17. The van der Waals surface area contributed by atoms with Crippen LogP contribution in [0, 0.1) is 0 Å². The number of carbonyl (C=O) groups excluding carboxylic acids is 2. The van der Waals surface area contributed by atoms with E-state index in [4.69, 9.17) is 0 Å². The molecule has 0 saturated carbocycles. The summed E-state index contributed by atoms with van der Waals surface area (Å²) in [5.41, 5.74) is 1.80. The third kappa shape index (κ3) is 6.87. The van der Waals surface area contributed by atoms with Crippen molar-refractivity contribution in [3.8, 4) is 0 Å². The Labute approximate surface area is 168 Å². The lowest BCUT2D eigenvalue weighted by Gasteiger charge is -2.15. The van der Waals surface area contributed by atoms with Gasteiger partial charge in [-0.2, -0.15) is 0 Å². The average molecular weight is 388 g/mol. The highest BCUT2D eigenvalue weighted by molar-refractivity contribution is 5.94. The van der Waals surface area contributed by atoms with Crippen LogP contribution < -0.4 is 10.6 Å². The van der Waals surface area contributed by atoms with Crippen LogP contribution in [0.25, 0.3) is 0 Å². The zero-order valence-corrected chi connectivity index (χ0v) is 17.3. The van der Waals surface area contributed by atoms with E-state index in [1.807, 2.05) is 36.1 Å². The molecule has 0 aromatic heterocycles. The van der Waals surface area contributed by atoms with Gasteiger partial charge in [0.2, 0.25) is 5.91 Å². The number of amides is 2. The van der Waals surface area contributed by atoms with Crippen LogP contribution in [-0.2, 0) is 11.2 Å². The van der Waals surface area contributed by atoms with Gasteiger partial charge in [-0.1, -0.05) is 12.1 Å². The molecule has 7 nitrogen and oxygen atoms in total. The van der Waals surface area contributed by atoms with Crippen molar-refractivity contribution in [2.75, 3.05) is 46.8 Å². The first-order valence-electron chi connectivity index (χ1n) is 10.1. The molecular weight excluding hydrogens is 354 g/mol. The van der Waals surface area contributed by atoms with E-state index in [0.29, 0.717) is 25.1 Å². The summed E-state index contributed by atoms with van der Waals surface area (Å²) >= 11 is 0. The van der Waals surface area contributed by atoms with Crippen LogP contribution in [-0.4, -0.2) is 74.4 Å². The molecular formula is C21H33N5O2. The van der Waals surface area contributed by atoms with E-state index >= 15 is 0 Å². The SMILES string of the molecule is CCNC(=NCCC(=O)N1CCCC1)NCCc1cccc(C(=O)N(C)C)c1. The van der Waals surface area contributed by atoms with Crippen LogP contribution in [0.5, 0.6) is 0 Å². The van der Waals surface area contributed by atoms with Crippen LogP contribution in [0.2, 0.25) is 0 Å². The lowest BCUT2D eigenvalue weighted by molar-refractivity contribution is -0.129. The number of hydrogen-bond donors (Lipinski definition) is 2. The topological polar surface area (TPSA) is 77.0 Å². The van der Waals surface area contributed by atoms with Crippen LogP contribution in [0.4, 0.5) is 0 Å². The van der Waals surface area contributed by atoms with Crippen molar-refractivity contribution in [3.05, 3.63) is 35.4 Å². The molecule has 0 spiro atoms. The smallest absolute Gasteiger partial charge is 0.253 e. The highest BCUT2D eigenvalue weighted by Crippen LogP contribution is 2.09. The van der Waals surface area contributed by atoms with E-state index < -0.39 is 0 Å². The van der Waals surface area contributed by atoms with Gasteiger partial charge in [0.1, 0.15) is 0 Å². The summed E-state index contributed by atoms with van der Waals surface area (Å²) in [7, 11) is 3.51. The number of nitrogens with zero attached hydrogens (tertiary/aromatic N) is 3. The molecule has 2 rings (SSSR count). The summed E-state index contributed by atoms with van der Waals surface area (Å²) in [5.74, 6) is 0.920. The largest absolute Gasteiger partial charge is 0.357 e. The Kier molecular flexibility index (Phi) is 8.78. The molecule has 1 aliphatic rings. The second-order valence-electron chi connectivity index (χ2n) is 7.18. The molecule has 28 heavy (non-hydrogen) atoms. The molecule has 154 valence electrons. The van der Waals surface area contributed by atoms with Gasteiger partial charge >= 0.3 is 0 Å². The quantitative estimate of drug-likeness (QED) is 0.523. The van der Waals surface area contributed by atoms with Crippen LogP contribution in [0.3, 0.4) is 0 Å². The standard InChI is InChI=1S/C21H33N5O2/c1-4-22-21(24-13-11-19(27)26-14-5-6-15-26)23-12-10-17-8-7-9-18(16-17)20(28)25(2)3/h7-9,16H,4-6,10-15H2,1-3H3,(H2,22,23,24). The maximum Gasteiger partial charge on any atom is 0.253 e. The minimum absolute atomic E-state index is 0.00683. The number of rotatable bonds is 8. The Morgan fingerprint density at radius 1 is 1.18 bits per heavy atom. The van der Waals surface area contributed by atoms with E-state index in [-0.39, 0.29) is 11.8 Å². The molecule has 0 radical (unpaired) electrons. The minimum atomic E-state index is 0.00683. The number of guanidine groups is 1. The van der Waals surface area contributed by atoms with E-state index in [1.54, 1.807) is 19.0 Å². The molecule has 0 unspecified atom stereocenters. The predicted molar refractivity (Wildman–Crippen MR) is 113 cm³/mol. The summed E-state index contributed by atoms with van der Waals surface area (Å²) in [6.45, 7) is 5.73. The number of nitrogens with one attached hydrogen (secondary N) is 2. The second kappa shape index (κ2) is 11.3. The summed E-state index contributed by atoms with van der Waals surface area (Å²) < 4.78 is 0. The Morgan fingerprint density at radius 3 is 2.61 bits per heavy atom. The van der Waals surface area contributed by atoms with Gasteiger partial charge in [-0.25, -0.2) is 0 Å². The fraction of sp³-hybridized carbons (Fsp3) is 0.571. The predicted octanol–water partition coefficient (Wildman–Crippen LogP) is 1.50. The van der Waals surface area contributed by atoms with E-state index in [2.05, 4.69) is 15.6 Å². The van der Waals surface area contributed by atoms with Gasteiger partial charge in [0.25, 0.3) is 5.91 Å². The zero-order valence-electron chi connectivity index (χ0n) is 17.3. The van der Waals surface area contributed by atoms with E-state index in [1.165, 1.54) is 0 Å². The Balaban J connectivity index is 1.81. The van der Waals surface area contributed by atoms with Crippen molar-refractivity contribution in [1.82, 2.24) is 20.4 Å². The van der Waals surface area contributed by atoms with Gasteiger partial charge in [-0.3, -0.25) is 14.6 Å². The average Bonchev–Trinajstić information content (AvgIpc) is 3.22. The minimum Gasteiger partial charge on any atom is -0.357 e. The molecule has 1 aliphatic heterocycles. The monoisotopic (exact) mass is 387 g/mol. The first-order valence-corrected chi connectivity index (χ1v) is 10.1. The van der Waals surface area contributed by atoms with Crippen molar-refractivity contribution in [1.29, 1.82) is 0 Å². The van der Waals surface area contributed by atoms with Gasteiger partial charge < -0.3 is 20.4 Å². The van der Waals surface area contributed by atoms with Gasteiger partial charge in [-0.15, -0.1) is 0 Å². The van der Waals surface area contributed by atoms with Crippen molar-refractivity contribution < 1.29 is 9.59 Å². The van der Waals surface area contributed by atoms with Gasteiger partial charge in [0.15, 0.2) is 5.96 Å². The highest BCUT2D eigenvalue weighted by Gasteiger charge is 2.17. The second-order valence-corrected chi connectivity index (χ2v) is 7.18. The number of carbonyl (C=O) groups is 2. The number of hydrogen-bond acceptors (Lipinski definition) is 3. The van der Waals surface area contributed by atoms with E-state index in [0.717, 1.165) is 50.4 Å². The Morgan fingerprint density at radius 2 is 1.93 bits per heavy atom. The third-order valence-corrected chi connectivity index (χ3v) is 4.68. The Bertz CT molecular complexity index is 681. The molecule has 1 saturated heterocycles. The number of benzene rings is 1. The molecule has 1 fully saturated rings. The summed E-state index contributed by atoms with van der Waals surface area (Å²) in [4.78, 5) is 32.2. The van der Waals surface area contributed by atoms with E-state index in [9.17, 15) is 9.59 Å². The molecule has 2 N–H and O–H groups in total. The summed E-state index contributed by atoms with van der Waals surface area (Å²) in [5, 5.41) is 6.51. The first kappa shape index (κ1) is 21.7. The van der Waals surface area contributed by atoms with Crippen molar-refractivity contribution in [3.63, 3.8) is 0 Å². The molecule has 7 heteroatoms. The maximum absolute atomic E-state index is 12.1. The van der Waals surface area contributed by atoms with Gasteiger partial charge in [0, 0.05) is 52.3 Å². The third-order valence-electron chi connectivity index (χ3n) is 4.68. The maximum atomic E-state index is 12.1. The first-order chi connectivity index (χ1) is 13.5. The summed E-state index contributed by atoms with van der Waals surface area (Å²) in [6, 6.07) is 7.70. The fourth-order valence-electron chi connectivity index (χ4n) is 3.17. The molecule has 1 aromatic carbocycles. The lowest BCUT2D eigenvalue weighted by atomic mass is 10.1. The van der Waals surface area contributed by atoms with Crippen molar-refractivity contribution >= 4 is 17.8 Å². The molecule has 0 aliphatic carbocycles. The normalized spacial score (nSPS) is 14.1. The Hall–Kier alpha value is -2.57. The van der Waals surface area contributed by atoms with Gasteiger partial charge in [0.05, 0.1) is 6.54 Å². The molecule has 0 atom stereocenters. The zero-order chi connectivity index (χ0) is 20.4. The number of aliphatic imine (C=N–C) groups is 1.